The van der Waals surface area contributed by atoms with Gasteiger partial charge in [-0.1, -0.05) is 11.6 Å². The number of amides is 1. The minimum Gasteiger partial charge on any atom is -0.481 e. The Labute approximate surface area is 122 Å². The summed E-state index contributed by atoms with van der Waals surface area (Å²) in [6.45, 7) is 1.81. The van der Waals surface area contributed by atoms with E-state index in [0.717, 1.165) is 0 Å². The largest absolute Gasteiger partial charge is 0.481 e. The molecule has 116 valence electrons. The molecule has 1 aromatic rings. The van der Waals surface area contributed by atoms with Crippen LogP contribution in [0.1, 0.15) is 23.7 Å². The Hall–Kier alpha value is -2.03. The summed E-state index contributed by atoms with van der Waals surface area (Å²) >= 11 is 0. The number of aliphatic carboxylic acids is 1. The normalized spacial score (nSPS) is 11.1. The van der Waals surface area contributed by atoms with Crippen molar-refractivity contribution in [3.63, 3.8) is 0 Å². The molecule has 1 aromatic heterocycles. The second-order valence-electron chi connectivity index (χ2n) is 4.31. The smallest absolute Gasteiger partial charge is 0.309 e. The minimum absolute atomic E-state index is 0.0410. The van der Waals surface area contributed by atoms with Gasteiger partial charge < -0.3 is 10.4 Å². The van der Waals surface area contributed by atoms with Crippen LogP contribution in [0.25, 0.3) is 0 Å². The molecule has 0 spiro atoms. The molecule has 0 aliphatic heterocycles. The monoisotopic (exact) mass is 316 g/mol. The average Bonchev–Trinajstić information content (AvgIpc) is 2.45. The molecular formula is C12H18N3O5S+. The van der Waals surface area contributed by atoms with E-state index in [0.29, 0.717) is 0 Å². The van der Waals surface area contributed by atoms with Crippen LogP contribution in [0.2, 0.25) is 0 Å². The van der Waals surface area contributed by atoms with E-state index in [-0.39, 0.29) is 36.6 Å². The Morgan fingerprint density at radius 1 is 1.43 bits per heavy atom. The fourth-order valence-electron chi connectivity index (χ4n) is 1.43. The second-order valence-corrected chi connectivity index (χ2v) is 6.79. The number of aryl methyl sites for hydroxylation is 1. The number of sulfone groups is 1. The van der Waals surface area contributed by atoms with Gasteiger partial charge in [-0.25, -0.2) is 8.42 Å². The third-order valence-corrected chi connectivity index (χ3v) is 4.43. The first-order valence-corrected chi connectivity index (χ1v) is 8.22. The van der Waals surface area contributed by atoms with Gasteiger partial charge in [0.1, 0.15) is 12.6 Å². The van der Waals surface area contributed by atoms with Crippen LogP contribution in [0, 0.1) is 0 Å². The number of nitrogens with one attached hydrogen (secondary N) is 1. The number of nitrogens with zero attached hydrogens (tertiary/aromatic N) is 2. The van der Waals surface area contributed by atoms with E-state index in [4.69, 9.17) is 5.11 Å². The summed E-state index contributed by atoms with van der Waals surface area (Å²) in [5, 5.41) is 15.0. The fraction of sp³-hybridized carbons (Fsp3) is 0.500. The Balaban J connectivity index is 2.50. The van der Waals surface area contributed by atoms with Crippen LogP contribution in [-0.4, -0.2) is 48.5 Å². The topological polar surface area (TPSA) is 117 Å². The summed E-state index contributed by atoms with van der Waals surface area (Å²) < 4.78 is 24.0. The van der Waals surface area contributed by atoms with Crippen molar-refractivity contribution < 1.29 is 27.8 Å². The summed E-state index contributed by atoms with van der Waals surface area (Å²) in [7, 11) is -3.11. The average molecular weight is 316 g/mol. The van der Waals surface area contributed by atoms with E-state index in [9.17, 15) is 18.0 Å². The Bertz CT molecular complexity index is 598. The van der Waals surface area contributed by atoms with Gasteiger partial charge in [-0.15, -0.1) is 0 Å². The highest BCUT2D eigenvalue weighted by Crippen LogP contribution is 1.94. The fourth-order valence-corrected chi connectivity index (χ4v) is 2.13. The number of carbonyl (C=O) groups is 2. The van der Waals surface area contributed by atoms with Gasteiger partial charge in [0.25, 0.3) is 5.91 Å². The zero-order chi connectivity index (χ0) is 15.9. The summed E-state index contributed by atoms with van der Waals surface area (Å²) in [5.41, 5.74) is 0.287. The highest BCUT2D eigenvalue weighted by Gasteiger charge is 2.12. The van der Waals surface area contributed by atoms with Gasteiger partial charge in [0, 0.05) is 18.4 Å². The maximum absolute atomic E-state index is 11.7. The third kappa shape index (κ3) is 6.30. The molecule has 1 heterocycles. The summed E-state index contributed by atoms with van der Waals surface area (Å²) in [6.07, 6.45) is 2.75. The number of carbonyl (C=O) groups excluding carboxylic acids is 1. The Morgan fingerprint density at radius 3 is 2.67 bits per heavy atom. The van der Waals surface area contributed by atoms with Gasteiger partial charge >= 0.3 is 5.97 Å². The molecule has 0 saturated carbocycles. The first kappa shape index (κ1) is 17.0. The molecule has 9 heteroatoms. The molecule has 0 radical (unpaired) electrons. The molecule has 0 aliphatic rings. The lowest BCUT2D eigenvalue weighted by Gasteiger charge is -2.04. The molecule has 1 rings (SSSR count). The Kier molecular flexibility index (Phi) is 6.22. The first-order valence-electron chi connectivity index (χ1n) is 6.40. The van der Waals surface area contributed by atoms with Crippen LogP contribution < -0.4 is 10.00 Å². The lowest BCUT2D eigenvalue weighted by atomic mass is 10.3. The van der Waals surface area contributed by atoms with Crippen LogP contribution in [0.5, 0.6) is 0 Å². The van der Waals surface area contributed by atoms with E-state index >= 15 is 0 Å². The van der Waals surface area contributed by atoms with Crippen LogP contribution in [0.3, 0.4) is 0 Å². The maximum Gasteiger partial charge on any atom is 0.309 e. The van der Waals surface area contributed by atoms with Crippen molar-refractivity contribution in [3.8, 4) is 0 Å². The van der Waals surface area contributed by atoms with Gasteiger partial charge in [-0.3, -0.25) is 9.59 Å². The van der Waals surface area contributed by atoms with Crippen molar-refractivity contribution in [2.45, 2.75) is 19.9 Å². The van der Waals surface area contributed by atoms with Crippen molar-refractivity contribution in [1.29, 1.82) is 0 Å². The number of rotatable bonds is 8. The van der Waals surface area contributed by atoms with E-state index in [2.05, 4.69) is 10.4 Å². The molecule has 0 unspecified atom stereocenters. The number of hydrogen-bond acceptors (Lipinski definition) is 5. The quantitative estimate of drug-likeness (QED) is 0.595. The number of carboxylic acids is 1. The highest BCUT2D eigenvalue weighted by atomic mass is 32.2. The molecule has 0 aromatic carbocycles. The standard InChI is InChI=1S/C12H17N3O5S/c1-2-21(19,20)8-5-13-12(18)10-3-6-15(14-9-10)7-4-11(16)17/h3,6,9H,2,4-5,7-8H2,1H3,(H-,13,16,17,18)/p+1. The van der Waals surface area contributed by atoms with E-state index < -0.39 is 21.7 Å². The summed E-state index contributed by atoms with van der Waals surface area (Å²) in [4.78, 5) is 22.2. The van der Waals surface area contributed by atoms with Crippen LogP contribution in [0.4, 0.5) is 0 Å². The molecule has 0 aliphatic carbocycles. The molecule has 0 fully saturated rings. The first-order chi connectivity index (χ1) is 9.84. The summed E-state index contributed by atoms with van der Waals surface area (Å²) in [6, 6.07) is 1.50. The highest BCUT2D eigenvalue weighted by molar-refractivity contribution is 7.91. The predicted octanol–water partition coefficient (Wildman–Crippen LogP) is -0.992. The molecular weight excluding hydrogens is 298 g/mol. The Morgan fingerprint density at radius 2 is 2.14 bits per heavy atom. The molecule has 8 nitrogen and oxygen atoms in total. The van der Waals surface area contributed by atoms with Crippen molar-refractivity contribution in [1.82, 2.24) is 10.4 Å². The minimum atomic E-state index is -3.11. The predicted molar refractivity (Wildman–Crippen MR) is 73.3 cm³/mol. The van der Waals surface area contributed by atoms with Crippen molar-refractivity contribution >= 4 is 21.7 Å². The molecule has 21 heavy (non-hydrogen) atoms. The van der Waals surface area contributed by atoms with Gasteiger partial charge in [0.15, 0.2) is 22.6 Å². The van der Waals surface area contributed by atoms with Gasteiger partial charge in [-0.2, -0.15) is 0 Å². The van der Waals surface area contributed by atoms with Gasteiger partial charge in [-0.05, 0) is 5.10 Å². The lowest BCUT2D eigenvalue weighted by Crippen LogP contribution is -2.39. The zero-order valence-electron chi connectivity index (χ0n) is 11.7. The second kappa shape index (κ2) is 7.67. The van der Waals surface area contributed by atoms with Gasteiger partial charge in [0.05, 0.1) is 11.3 Å². The lowest BCUT2D eigenvalue weighted by molar-refractivity contribution is -0.753. The SMILES string of the molecule is CCS(=O)(=O)CCNC(=O)c1cc[n+](CCC(=O)O)nc1. The molecule has 0 saturated heterocycles. The van der Waals surface area contributed by atoms with Crippen LogP contribution >= 0.6 is 0 Å². The number of hydrogen-bond donors (Lipinski definition) is 2. The van der Waals surface area contributed by atoms with Crippen LogP contribution in [0.15, 0.2) is 18.5 Å². The molecule has 0 bridgehead atoms. The molecule has 0 atom stereocenters. The number of carboxylic acid groups (broad SMARTS) is 1. The van der Waals surface area contributed by atoms with Crippen LogP contribution in [-0.2, 0) is 21.2 Å². The summed E-state index contributed by atoms with van der Waals surface area (Å²) in [5.74, 6) is -1.41. The van der Waals surface area contributed by atoms with Crippen molar-refractivity contribution in [3.05, 3.63) is 24.0 Å². The maximum atomic E-state index is 11.7. The number of aromatic nitrogens is 2. The van der Waals surface area contributed by atoms with Crippen molar-refractivity contribution in [2.75, 3.05) is 18.1 Å². The van der Waals surface area contributed by atoms with Crippen molar-refractivity contribution in [2.24, 2.45) is 0 Å². The molecule has 1 amide bonds. The van der Waals surface area contributed by atoms with E-state index in [1.54, 1.807) is 6.92 Å². The molecule has 2 N–H and O–H groups in total. The third-order valence-electron chi connectivity index (χ3n) is 2.73. The van der Waals surface area contributed by atoms with Gasteiger partial charge in [0.2, 0.25) is 0 Å². The zero-order valence-corrected chi connectivity index (χ0v) is 12.5. The van der Waals surface area contributed by atoms with E-state index in [1.807, 2.05) is 0 Å². The van der Waals surface area contributed by atoms with E-state index in [1.165, 1.54) is 23.1 Å².